The molecule has 2 aromatic carbocycles. The summed E-state index contributed by atoms with van der Waals surface area (Å²) in [5, 5.41) is 21.2. The molecular weight excluding hydrogens is 424 g/mol. The molecule has 0 aliphatic carbocycles. The van der Waals surface area contributed by atoms with Gasteiger partial charge >= 0.3 is 0 Å². The van der Waals surface area contributed by atoms with E-state index in [2.05, 4.69) is 0 Å². The summed E-state index contributed by atoms with van der Waals surface area (Å²) in [5.74, 6) is 0.830. The monoisotopic (exact) mass is 452 g/mol. The van der Waals surface area contributed by atoms with Crippen molar-refractivity contribution in [2.24, 2.45) is 0 Å². The molecule has 0 aromatic heterocycles. The van der Waals surface area contributed by atoms with E-state index in [4.69, 9.17) is 38.4 Å². The van der Waals surface area contributed by atoms with Crippen LogP contribution in [0.2, 0.25) is 5.02 Å². The van der Waals surface area contributed by atoms with Gasteiger partial charge in [-0.3, -0.25) is 0 Å². The van der Waals surface area contributed by atoms with Crippen molar-refractivity contribution in [1.29, 1.82) is 0 Å². The maximum absolute atomic E-state index is 10.7. The van der Waals surface area contributed by atoms with Gasteiger partial charge in [0.1, 0.15) is 22.4 Å². The first kappa shape index (κ1) is 23.4. The molecule has 1 aliphatic heterocycles. The molecule has 1 heterocycles. The Morgan fingerprint density at radius 2 is 1.93 bits per heavy atom. The van der Waals surface area contributed by atoms with E-state index in [1.165, 1.54) is 7.11 Å². The number of aliphatic hydroxyl groups is 2. The Hall–Kier alpha value is -1.28. The van der Waals surface area contributed by atoms with Crippen LogP contribution in [-0.4, -0.2) is 48.3 Å². The van der Waals surface area contributed by atoms with Crippen LogP contribution in [0.4, 0.5) is 0 Å². The lowest BCUT2D eigenvalue weighted by Gasteiger charge is -2.50. The first-order valence-electron chi connectivity index (χ1n) is 9.99. The van der Waals surface area contributed by atoms with Gasteiger partial charge in [0, 0.05) is 18.6 Å². The van der Waals surface area contributed by atoms with Crippen molar-refractivity contribution >= 4 is 24.2 Å². The summed E-state index contributed by atoms with van der Waals surface area (Å²) in [4.78, 5) is -1.09. The van der Waals surface area contributed by atoms with E-state index in [0.29, 0.717) is 18.1 Å². The quantitative estimate of drug-likeness (QED) is 0.555. The summed E-state index contributed by atoms with van der Waals surface area (Å²) in [5.41, 5.74) is 1.69. The molecule has 0 saturated carbocycles. The number of ether oxygens (including phenoxy) is 3. The molecule has 1 saturated heterocycles. The third-order valence-corrected chi connectivity index (χ3v) is 6.43. The van der Waals surface area contributed by atoms with Crippen LogP contribution in [0, 0.1) is 0 Å². The molecule has 1 aliphatic rings. The summed E-state index contributed by atoms with van der Waals surface area (Å²) < 4.78 is 17.1. The molecule has 1 fully saturated rings. The van der Waals surface area contributed by atoms with Crippen molar-refractivity contribution in [2.45, 2.75) is 49.4 Å². The number of benzene rings is 2. The third-order valence-electron chi connectivity index (χ3n) is 5.53. The van der Waals surface area contributed by atoms with Crippen molar-refractivity contribution < 1.29 is 24.4 Å². The van der Waals surface area contributed by atoms with Gasteiger partial charge in [0.2, 0.25) is 0 Å². The zero-order valence-corrected chi connectivity index (χ0v) is 19.1. The van der Waals surface area contributed by atoms with Gasteiger partial charge < -0.3 is 24.4 Å². The van der Waals surface area contributed by atoms with Crippen molar-refractivity contribution in [3.63, 3.8) is 0 Å². The number of hydrogen-bond donors (Lipinski definition) is 3. The number of thiol groups is 1. The second kappa shape index (κ2) is 9.47. The van der Waals surface area contributed by atoms with E-state index in [-0.39, 0.29) is 13.0 Å². The third kappa shape index (κ3) is 4.79. The highest BCUT2D eigenvalue weighted by Crippen LogP contribution is 2.46. The molecule has 30 heavy (non-hydrogen) atoms. The maximum Gasteiger partial charge on any atom is 0.140 e. The fourth-order valence-corrected chi connectivity index (χ4v) is 4.75. The highest BCUT2D eigenvalue weighted by Gasteiger charge is 2.52. The minimum atomic E-state index is -1.09. The van der Waals surface area contributed by atoms with E-state index >= 15 is 0 Å². The molecule has 7 heteroatoms. The van der Waals surface area contributed by atoms with Crippen molar-refractivity contribution in [2.75, 3.05) is 20.3 Å². The first-order valence-corrected chi connectivity index (χ1v) is 10.8. The topological polar surface area (TPSA) is 68.2 Å². The van der Waals surface area contributed by atoms with Crippen molar-refractivity contribution in [3.8, 4) is 5.75 Å². The molecule has 3 rings (SSSR count). The Balaban J connectivity index is 1.88. The molecule has 4 unspecified atom stereocenters. The zero-order valence-electron chi connectivity index (χ0n) is 17.5. The number of halogens is 1. The van der Waals surface area contributed by atoms with Crippen molar-refractivity contribution in [1.82, 2.24) is 0 Å². The van der Waals surface area contributed by atoms with Gasteiger partial charge in [-0.15, -0.1) is 12.6 Å². The van der Waals surface area contributed by atoms with Gasteiger partial charge in [0.25, 0.3) is 0 Å². The maximum atomic E-state index is 10.7. The van der Waals surface area contributed by atoms with Crippen LogP contribution in [-0.2, 0) is 20.8 Å². The van der Waals surface area contributed by atoms with E-state index in [9.17, 15) is 10.2 Å². The summed E-state index contributed by atoms with van der Waals surface area (Å²) in [6.07, 6.45) is -0.653. The molecule has 0 amide bonds. The molecule has 5 nitrogen and oxygen atoms in total. The Bertz CT molecular complexity index is 861. The van der Waals surface area contributed by atoms with Crippen LogP contribution in [0.1, 0.15) is 37.0 Å². The zero-order chi connectivity index (χ0) is 21.9. The van der Waals surface area contributed by atoms with E-state index in [0.717, 1.165) is 22.4 Å². The Morgan fingerprint density at radius 1 is 1.23 bits per heavy atom. The molecule has 4 atom stereocenters. The smallest absolute Gasteiger partial charge is 0.140 e. The lowest BCUT2D eigenvalue weighted by molar-refractivity contribution is -0.253. The number of rotatable bonds is 7. The number of aliphatic hydroxyl groups excluding tert-OH is 2. The summed E-state index contributed by atoms with van der Waals surface area (Å²) >= 11 is 11.3. The van der Waals surface area contributed by atoms with E-state index in [1.807, 2.05) is 49.4 Å². The Labute approximate surface area is 188 Å². The van der Waals surface area contributed by atoms with Gasteiger partial charge in [0.05, 0.1) is 19.3 Å². The van der Waals surface area contributed by atoms with Crippen LogP contribution in [0.3, 0.4) is 0 Å². The second-order valence-corrected chi connectivity index (χ2v) is 8.97. The Kier molecular flexibility index (Phi) is 7.38. The summed E-state index contributed by atoms with van der Waals surface area (Å²) in [6, 6.07) is 13.5. The van der Waals surface area contributed by atoms with Crippen LogP contribution in [0.5, 0.6) is 5.75 Å². The molecule has 0 spiro atoms. The summed E-state index contributed by atoms with van der Waals surface area (Å²) in [7, 11) is 1.49. The fraction of sp³-hybridized carbons (Fsp3) is 0.478. The molecule has 2 N–H and O–H groups in total. The molecule has 0 bridgehead atoms. The average molecular weight is 453 g/mol. The van der Waals surface area contributed by atoms with Gasteiger partial charge in [0.15, 0.2) is 0 Å². The van der Waals surface area contributed by atoms with Gasteiger partial charge in [-0.2, -0.15) is 0 Å². The van der Waals surface area contributed by atoms with Crippen LogP contribution in [0.15, 0.2) is 42.5 Å². The predicted molar refractivity (Wildman–Crippen MR) is 121 cm³/mol. The standard InChI is InChI=1S/C23H29ClO5S/c1-4-28-18-8-5-15(6-9-18)11-16-12-17(7-10-19(16)24)23(30)13-20(26)21(27-3)22(2,14-25)29-23/h5-10,12,20-21,25-26,30H,4,11,13-14H2,1-3H3. The molecule has 164 valence electrons. The minimum Gasteiger partial charge on any atom is -0.494 e. The van der Waals surface area contributed by atoms with E-state index < -0.39 is 22.7 Å². The SMILES string of the molecule is CCOc1ccc(Cc2cc(C3(S)CC(O)C(OC)C(C)(CO)O3)ccc2Cl)cc1. The highest BCUT2D eigenvalue weighted by atomic mass is 35.5. The largest absolute Gasteiger partial charge is 0.494 e. The fourth-order valence-electron chi connectivity index (χ4n) is 4.03. The van der Waals surface area contributed by atoms with Gasteiger partial charge in [-0.1, -0.05) is 35.9 Å². The van der Waals surface area contributed by atoms with Crippen LogP contribution < -0.4 is 4.74 Å². The minimum absolute atomic E-state index is 0.217. The summed E-state index contributed by atoms with van der Waals surface area (Å²) in [6.45, 7) is 3.98. The molecular formula is C23H29ClO5S. The van der Waals surface area contributed by atoms with Gasteiger partial charge in [-0.25, -0.2) is 0 Å². The van der Waals surface area contributed by atoms with Crippen LogP contribution in [0.25, 0.3) is 0 Å². The number of hydrogen-bond acceptors (Lipinski definition) is 6. The average Bonchev–Trinajstić information content (AvgIpc) is 2.71. The van der Waals surface area contributed by atoms with Crippen molar-refractivity contribution in [3.05, 3.63) is 64.2 Å². The van der Waals surface area contributed by atoms with E-state index in [1.54, 1.807) is 6.92 Å². The second-order valence-electron chi connectivity index (χ2n) is 7.84. The molecule has 2 aromatic rings. The molecule has 0 radical (unpaired) electrons. The Morgan fingerprint density at radius 3 is 2.53 bits per heavy atom. The first-order chi connectivity index (χ1) is 14.2. The van der Waals surface area contributed by atoms with Gasteiger partial charge in [-0.05, 0) is 55.2 Å². The lowest BCUT2D eigenvalue weighted by Crippen LogP contribution is -2.60. The lowest BCUT2D eigenvalue weighted by atomic mass is 9.85. The highest BCUT2D eigenvalue weighted by molar-refractivity contribution is 7.81. The van der Waals surface area contributed by atoms with Crippen LogP contribution >= 0.6 is 24.2 Å². The number of methoxy groups -OCH3 is 1. The normalized spacial score (nSPS) is 29.0. The predicted octanol–water partition coefficient (Wildman–Crippen LogP) is 3.96.